The standard InChI is InChI=1S/C11H14O2S/c1-11(2,3)14-13-10-6-4-9(8-12)5-7-10/h4-8H,1-3H3. The van der Waals surface area contributed by atoms with Crippen LogP contribution in [0.25, 0.3) is 0 Å². The van der Waals surface area contributed by atoms with Gasteiger partial charge in [0.25, 0.3) is 0 Å². The van der Waals surface area contributed by atoms with Crippen LogP contribution in [0, 0.1) is 0 Å². The maximum absolute atomic E-state index is 10.4. The Morgan fingerprint density at radius 3 is 2.21 bits per heavy atom. The van der Waals surface area contributed by atoms with E-state index in [2.05, 4.69) is 20.8 Å². The molecule has 0 fully saturated rings. The van der Waals surface area contributed by atoms with Gasteiger partial charge in [-0.1, -0.05) is 0 Å². The highest BCUT2D eigenvalue weighted by atomic mass is 32.2. The average Bonchev–Trinajstić information content (AvgIpc) is 2.14. The minimum atomic E-state index is 0.0727. The largest absolute Gasteiger partial charge is 0.425 e. The predicted molar refractivity (Wildman–Crippen MR) is 59.8 cm³/mol. The van der Waals surface area contributed by atoms with Crippen molar-refractivity contribution in [2.24, 2.45) is 0 Å². The fourth-order valence-corrected chi connectivity index (χ4v) is 1.23. The van der Waals surface area contributed by atoms with Gasteiger partial charge in [-0.15, -0.1) is 0 Å². The second-order valence-corrected chi connectivity index (χ2v) is 5.52. The molecule has 0 atom stereocenters. The van der Waals surface area contributed by atoms with Crippen molar-refractivity contribution in [2.45, 2.75) is 25.5 Å². The Kier molecular flexibility index (Phi) is 3.58. The number of hydrogen-bond donors (Lipinski definition) is 0. The summed E-state index contributed by atoms with van der Waals surface area (Å²) in [4.78, 5) is 10.4. The maximum Gasteiger partial charge on any atom is 0.150 e. The molecule has 0 bridgehead atoms. The van der Waals surface area contributed by atoms with Gasteiger partial charge in [0.2, 0.25) is 0 Å². The molecule has 0 saturated heterocycles. The summed E-state index contributed by atoms with van der Waals surface area (Å²) in [6.45, 7) is 6.24. The van der Waals surface area contributed by atoms with Gasteiger partial charge < -0.3 is 4.18 Å². The molecule has 14 heavy (non-hydrogen) atoms. The summed E-state index contributed by atoms with van der Waals surface area (Å²) in [5.74, 6) is 0.774. The van der Waals surface area contributed by atoms with Crippen molar-refractivity contribution in [3.05, 3.63) is 29.8 Å². The Balaban J connectivity index is 2.56. The predicted octanol–water partition coefficient (Wildman–Crippen LogP) is 3.32. The van der Waals surface area contributed by atoms with Gasteiger partial charge in [0, 0.05) is 10.3 Å². The fraction of sp³-hybridized carbons (Fsp3) is 0.364. The van der Waals surface area contributed by atoms with E-state index in [9.17, 15) is 4.79 Å². The van der Waals surface area contributed by atoms with E-state index in [-0.39, 0.29) is 4.75 Å². The molecule has 0 aliphatic rings. The molecule has 76 valence electrons. The third-order valence-corrected chi connectivity index (χ3v) is 2.18. The summed E-state index contributed by atoms with van der Waals surface area (Å²) >= 11 is 1.41. The Bertz CT molecular complexity index is 298. The fourth-order valence-electron chi connectivity index (χ4n) is 0.775. The van der Waals surface area contributed by atoms with Gasteiger partial charge in [-0.25, -0.2) is 0 Å². The molecule has 0 N–H and O–H groups in total. The third-order valence-electron chi connectivity index (χ3n) is 1.40. The molecule has 0 radical (unpaired) electrons. The van der Waals surface area contributed by atoms with Crippen LogP contribution in [-0.2, 0) is 0 Å². The first-order chi connectivity index (χ1) is 6.51. The first-order valence-electron chi connectivity index (χ1n) is 4.42. The molecule has 0 amide bonds. The summed E-state index contributed by atoms with van der Waals surface area (Å²) in [6, 6.07) is 7.07. The number of hydrogen-bond acceptors (Lipinski definition) is 3. The van der Waals surface area contributed by atoms with E-state index in [0.717, 1.165) is 12.0 Å². The van der Waals surface area contributed by atoms with Crippen molar-refractivity contribution in [1.82, 2.24) is 0 Å². The zero-order valence-corrected chi connectivity index (χ0v) is 9.43. The molecule has 3 heteroatoms. The number of carbonyl (C=O) groups excluding carboxylic acids is 1. The molecule has 2 nitrogen and oxygen atoms in total. The maximum atomic E-state index is 10.4. The van der Waals surface area contributed by atoms with Crippen molar-refractivity contribution in [1.29, 1.82) is 0 Å². The molecule has 0 saturated carbocycles. The summed E-state index contributed by atoms with van der Waals surface area (Å²) < 4.78 is 5.54. The highest BCUT2D eigenvalue weighted by Gasteiger charge is 2.12. The lowest BCUT2D eigenvalue weighted by atomic mass is 10.2. The molecule has 0 aliphatic heterocycles. The van der Waals surface area contributed by atoms with E-state index in [1.165, 1.54) is 12.0 Å². The smallest absolute Gasteiger partial charge is 0.150 e. The Hall–Kier alpha value is -0.960. The zero-order chi connectivity index (χ0) is 10.6. The lowest BCUT2D eigenvalue weighted by molar-refractivity contribution is 0.112. The molecule has 0 spiro atoms. The normalized spacial score (nSPS) is 11.1. The molecule has 0 heterocycles. The minimum Gasteiger partial charge on any atom is -0.425 e. The highest BCUT2D eigenvalue weighted by molar-refractivity contribution is 7.96. The molecular formula is C11H14O2S. The molecule has 0 aliphatic carbocycles. The van der Waals surface area contributed by atoms with Gasteiger partial charge in [-0.05, 0) is 45.0 Å². The molecule has 1 rings (SSSR count). The van der Waals surface area contributed by atoms with Crippen LogP contribution in [0.5, 0.6) is 5.75 Å². The van der Waals surface area contributed by atoms with E-state index >= 15 is 0 Å². The van der Waals surface area contributed by atoms with E-state index in [4.69, 9.17) is 4.18 Å². The second-order valence-electron chi connectivity index (χ2n) is 3.97. The summed E-state index contributed by atoms with van der Waals surface area (Å²) in [5, 5.41) is 0. The molecule has 0 unspecified atom stereocenters. The van der Waals surface area contributed by atoms with E-state index < -0.39 is 0 Å². The first-order valence-corrected chi connectivity index (χ1v) is 5.16. The van der Waals surface area contributed by atoms with Crippen LogP contribution >= 0.6 is 12.0 Å². The topological polar surface area (TPSA) is 26.3 Å². The zero-order valence-electron chi connectivity index (χ0n) is 8.61. The Morgan fingerprint density at radius 1 is 1.21 bits per heavy atom. The average molecular weight is 210 g/mol. The third kappa shape index (κ3) is 3.83. The number of benzene rings is 1. The van der Waals surface area contributed by atoms with Crippen molar-refractivity contribution >= 4 is 18.3 Å². The van der Waals surface area contributed by atoms with Gasteiger partial charge in [-0.2, -0.15) is 0 Å². The lowest BCUT2D eigenvalue weighted by Crippen LogP contribution is -2.09. The van der Waals surface area contributed by atoms with Crippen LogP contribution in [0.1, 0.15) is 31.1 Å². The summed E-state index contributed by atoms with van der Waals surface area (Å²) in [7, 11) is 0. The molecule has 1 aromatic carbocycles. The van der Waals surface area contributed by atoms with Crippen LogP contribution in [-0.4, -0.2) is 11.0 Å². The number of rotatable bonds is 3. The van der Waals surface area contributed by atoms with Gasteiger partial charge in [0.1, 0.15) is 12.0 Å². The van der Waals surface area contributed by atoms with Crippen molar-refractivity contribution in [3.63, 3.8) is 0 Å². The SMILES string of the molecule is CC(C)(C)SOc1ccc(C=O)cc1. The quantitative estimate of drug-likeness (QED) is 0.565. The number of aldehydes is 1. The number of carbonyl (C=O) groups is 1. The van der Waals surface area contributed by atoms with Gasteiger partial charge in [0.05, 0.1) is 12.0 Å². The van der Waals surface area contributed by atoms with Crippen LogP contribution in [0.4, 0.5) is 0 Å². The minimum absolute atomic E-state index is 0.0727. The van der Waals surface area contributed by atoms with Gasteiger partial charge >= 0.3 is 0 Å². The van der Waals surface area contributed by atoms with Gasteiger partial charge in [0.15, 0.2) is 0 Å². The monoisotopic (exact) mass is 210 g/mol. The summed E-state index contributed by atoms with van der Waals surface area (Å²) in [6.07, 6.45) is 0.820. The Labute approximate surface area is 88.9 Å². The van der Waals surface area contributed by atoms with Crippen LogP contribution in [0.2, 0.25) is 0 Å². The molecule has 0 aromatic heterocycles. The van der Waals surface area contributed by atoms with Crippen molar-refractivity contribution in [3.8, 4) is 5.75 Å². The van der Waals surface area contributed by atoms with Gasteiger partial charge in [-0.3, -0.25) is 4.79 Å². The van der Waals surface area contributed by atoms with Crippen LogP contribution in [0.3, 0.4) is 0 Å². The Morgan fingerprint density at radius 2 is 1.79 bits per heavy atom. The van der Waals surface area contributed by atoms with E-state index in [1.807, 2.05) is 0 Å². The molecule has 1 aromatic rings. The van der Waals surface area contributed by atoms with E-state index in [1.54, 1.807) is 24.3 Å². The van der Waals surface area contributed by atoms with Crippen LogP contribution in [0.15, 0.2) is 24.3 Å². The highest BCUT2D eigenvalue weighted by Crippen LogP contribution is 2.26. The van der Waals surface area contributed by atoms with Crippen molar-refractivity contribution in [2.75, 3.05) is 0 Å². The van der Waals surface area contributed by atoms with Crippen LogP contribution < -0.4 is 4.18 Å². The summed E-state index contributed by atoms with van der Waals surface area (Å²) in [5.41, 5.74) is 0.665. The van der Waals surface area contributed by atoms with E-state index in [0.29, 0.717) is 5.56 Å². The first kappa shape index (κ1) is 11.1. The van der Waals surface area contributed by atoms with Crippen molar-refractivity contribution < 1.29 is 8.98 Å². The molecular weight excluding hydrogens is 196 g/mol. The lowest BCUT2D eigenvalue weighted by Gasteiger charge is -2.16. The second kappa shape index (κ2) is 4.51.